The van der Waals surface area contributed by atoms with Gasteiger partial charge >= 0.3 is 0 Å². The third-order valence-corrected chi connectivity index (χ3v) is 6.63. The van der Waals surface area contributed by atoms with Crippen LogP contribution in [0.5, 0.6) is 0 Å². The van der Waals surface area contributed by atoms with Gasteiger partial charge in [-0.2, -0.15) is 0 Å². The molecule has 34 heavy (non-hydrogen) atoms. The first-order chi connectivity index (χ1) is 16.3. The molecule has 0 heterocycles. The standard InChI is InChI=1S/C28H32F2NO2P/c1-3-20-16-28(2,18-33-17-21-6-4-5-7-25(21)26(30)27(31)32)23(12-13-34)15-22(20)14-19-8-10-24(29)11-9-19/h3-11,15,26H,1,12-14,16-18,34H2,2H3,(H2,31,32). The first-order valence-corrected chi connectivity index (χ1v) is 12.2. The highest BCUT2D eigenvalue weighted by molar-refractivity contribution is 7.16. The van der Waals surface area contributed by atoms with Crippen LogP contribution in [-0.2, 0) is 22.6 Å². The monoisotopic (exact) mass is 483 g/mol. The highest BCUT2D eigenvalue weighted by Gasteiger charge is 2.33. The summed E-state index contributed by atoms with van der Waals surface area (Å²) in [6, 6.07) is 13.4. The molecule has 0 fully saturated rings. The van der Waals surface area contributed by atoms with Gasteiger partial charge in [0, 0.05) is 11.0 Å². The van der Waals surface area contributed by atoms with E-state index in [4.69, 9.17) is 10.5 Å². The molecule has 2 N–H and O–H groups in total. The van der Waals surface area contributed by atoms with Crippen molar-refractivity contribution in [3.63, 3.8) is 0 Å². The Hall–Kier alpha value is -2.62. The van der Waals surface area contributed by atoms with Gasteiger partial charge in [0.05, 0.1) is 13.2 Å². The largest absolute Gasteiger partial charge is 0.376 e. The van der Waals surface area contributed by atoms with E-state index in [1.165, 1.54) is 23.3 Å². The fraction of sp³-hybridized carbons (Fsp3) is 0.321. The van der Waals surface area contributed by atoms with E-state index in [1.807, 2.05) is 18.2 Å². The Labute approximate surface area is 203 Å². The zero-order valence-corrected chi connectivity index (χ0v) is 20.7. The summed E-state index contributed by atoms with van der Waals surface area (Å²) in [4.78, 5) is 11.4. The Kier molecular flexibility index (Phi) is 8.93. The van der Waals surface area contributed by atoms with Gasteiger partial charge in [-0.3, -0.25) is 4.79 Å². The third-order valence-electron chi connectivity index (χ3n) is 6.34. The molecule has 3 unspecified atom stereocenters. The Morgan fingerprint density at radius 3 is 2.62 bits per heavy atom. The lowest BCUT2D eigenvalue weighted by atomic mass is 9.70. The molecule has 3 rings (SSSR count). The summed E-state index contributed by atoms with van der Waals surface area (Å²) >= 11 is 0. The predicted molar refractivity (Wildman–Crippen MR) is 136 cm³/mol. The molecule has 0 radical (unpaired) electrons. The summed E-state index contributed by atoms with van der Waals surface area (Å²) in [5.41, 5.74) is 10.4. The molecule has 2 aromatic carbocycles. The highest BCUT2D eigenvalue weighted by Crippen LogP contribution is 2.43. The molecule has 180 valence electrons. The smallest absolute Gasteiger partial charge is 0.256 e. The lowest BCUT2D eigenvalue weighted by Crippen LogP contribution is -2.30. The maximum Gasteiger partial charge on any atom is 0.256 e. The molecule has 0 saturated heterocycles. The van der Waals surface area contributed by atoms with Gasteiger partial charge in [0.25, 0.3) is 5.91 Å². The van der Waals surface area contributed by atoms with Crippen LogP contribution in [0.2, 0.25) is 0 Å². The van der Waals surface area contributed by atoms with Crippen molar-refractivity contribution in [1.29, 1.82) is 0 Å². The lowest BCUT2D eigenvalue weighted by Gasteiger charge is -2.37. The summed E-state index contributed by atoms with van der Waals surface area (Å²) < 4.78 is 33.7. The van der Waals surface area contributed by atoms with E-state index in [2.05, 4.69) is 28.8 Å². The minimum absolute atomic E-state index is 0.184. The number of amides is 1. The van der Waals surface area contributed by atoms with Gasteiger partial charge in [-0.1, -0.05) is 67.6 Å². The molecule has 1 aliphatic rings. The number of hydrogen-bond acceptors (Lipinski definition) is 2. The molecule has 2 aromatic rings. The molecule has 0 spiro atoms. The van der Waals surface area contributed by atoms with Gasteiger partial charge in [0.1, 0.15) is 5.82 Å². The lowest BCUT2D eigenvalue weighted by molar-refractivity contribution is -0.122. The van der Waals surface area contributed by atoms with Gasteiger partial charge < -0.3 is 10.5 Å². The average molecular weight is 484 g/mol. The third kappa shape index (κ3) is 6.28. The van der Waals surface area contributed by atoms with Crippen molar-refractivity contribution in [1.82, 2.24) is 0 Å². The van der Waals surface area contributed by atoms with Crippen LogP contribution in [0, 0.1) is 11.2 Å². The molecule has 0 bridgehead atoms. The van der Waals surface area contributed by atoms with Gasteiger partial charge in [-0.15, -0.1) is 9.24 Å². The molecule has 0 aliphatic heterocycles. The summed E-state index contributed by atoms with van der Waals surface area (Å²) in [5, 5.41) is 0. The number of rotatable bonds is 11. The molecular weight excluding hydrogens is 451 g/mol. The second-order valence-electron chi connectivity index (χ2n) is 8.96. The van der Waals surface area contributed by atoms with Crippen LogP contribution < -0.4 is 5.73 Å². The molecule has 3 atom stereocenters. The van der Waals surface area contributed by atoms with E-state index in [0.29, 0.717) is 18.6 Å². The molecule has 3 nitrogen and oxygen atoms in total. The number of ether oxygens (including phenoxy) is 1. The van der Waals surface area contributed by atoms with Crippen LogP contribution in [0.3, 0.4) is 0 Å². The van der Waals surface area contributed by atoms with E-state index >= 15 is 0 Å². The minimum atomic E-state index is -1.86. The van der Waals surface area contributed by atoms with E-state index in [-0.39, 0.29) is 23.4 Å². The Balaban J connectivity index is 1.78. The fourth-order valence-corrected chi connectivity index (χ4v) is 4.75. The van der Waals surface area contributed by atoms with E-state index in [9.17, 15) is 13.6 Å². The molecule has 1 aliphatic carbocycles. The van der Waals surface area contributed by atoms with Crippen molar-refractivity contribution in [2.75, 3.05) is 12.8 Å². The number of primary amides is 1. The van der Waals surface area contributed by atoms with Crippen LogP contribution in [0.4, 0.5) is 8.78 Å². The number of nitrogens with two attached hydrogens (primary N) is 1. The van der Waals surface area contributed by atoms with E-state index < -0.39 is 12.1 Å². The van der Waals surface area contributed by atoms with Crippen molar-refractivity contribution in [2.24, 2.45) is 11.1 Å². The number of carbonyl (C=O) groups is 1. The van der Waals surface area contributed by atoms with Gasteiger partial charge in [0.2, 0.25) is 6.17 Å². The zero-order valence-electron chi connectivity index (χ0n) is 19.5. The van der Waals surface area contributed by atoms with Crippen LogP contribution >= 0.6 is 9.24 Å². The maximum absolute atomic E-state index is 14.3. The van der Waals surface area contributed by atoms with Crippen molar-refractivity contribution in [3.8, 4) is 0 Å². The summed E-state index contributed by atoms with van der Waals surface area (Å²) in [5.74, 6) is -1.25. The van der Waals surface area contributed by atoms with Gasteiger partial charge in [-0.25, -0.2) is 8.78 Å². The van der Waals surface area contributed by atoms with E-state index in [1.54, 1.807) is 24.3 Å². The SMILES string of the molecule is C=CC1=C(Cc2ccc(F)cc2)C=C(CCP)C(C)(COCc2ccccc2C(F)C(N)=O)C1. The van der Waals surface area contributed by atoms with Crippen LogP contribution in [-0.4, -0.2) is 18.7 Å². The molecule has 0 aromatic heterocycles. The summed E-state index contributed by atoms with van der Waals surface area (Å²) in [6.07, 6.45) is 5.54. The van der Waals surface area contributed by atoms with Crippen molar-refractivity contribution in [3.05, 3.63) is 106 Å². The Bertz CT molecular complexity index is 1090. The number of carbonyl (C=O) groups excluding carboxylic acids is 1. The topological polar surface area (TPSA) is 52.3 Å². The average Bonchev–Trinajstić information content (AvgIpc) is 2.82. The molecule has 0 saturated carbocycles. The second-order valence-corrected chi connectivity index (χ2v) is 9.54. The first kappa shape index (κ1) is 26.0. The van der Waals surface area contributed by atoms with Crippen molar-refractivity contribution >= 4 is 15.1 Å². The maximum atomic E-state index is 14.3. The first-order valence-electron chi connectivity index (χ1n) is 11.4. The highest BCUT2D eigenvalue weighted by atomic mass is 31.0. The number of halogens is 2. The van der Waals surface area contributed by atoms with Gasteiger partial charge in [0.15, 0.2) is 0 Å². The summed E-state index contributed by atoms with van der Waals surface area (Å²) in [7, 11) is 2.78. The van der Waals surface area contributed by atoms with Crippen LogP contribution in [0.15, 0.2) is 84.0 Å². The molecular formula is C28H32F2NO2P. The van der Waals surface area contributed by atoms with E-state index in [0.717, 1.165) is 30.1 Å². The van der Waals surface area contributed by atoms with Crippen molar-refractivity contribution in [2.45, 2.75) is 39.0 Å². The number of benzene rings is 2. The van der Waals surface area contributed by atoms with Crippen LogP contribution in [0.25, 0.3) is 0 Å². The second kappa shape index (κ2) is 11.7. The van der Waals surface area contributed by atoms with Crippen LogP contribution in [0.1, 0.15) is 42.6 Å². The number of alkyl halides is 1. The number of allylic oxidation sites excluding steroid dienone is 4. The Morgan fingerprint density at radius 1 is 1.26 bits per heavy atom. The zero-order chi connectivity index (χ0) is 24.7. The summed E-state index contributed by atoms with van der Waals surface area (Å²) in [6.45, 7) is 6.82. The minimum Gasteiger partial charge on any atom is -0.376 e. The number of hydrogen-bond donors (Lipinski definition) is 1. The quantitative estimate of drug-likeness (QED) is 0.389. The fourth-order valence-electron chi connectivity index (χ4n) is 4.44. The van der Waals surface area contributed by atoms with Crippen molar-refractivity contribution < 1.29 is 18.3 Å². The van der Waals surface area contributed by atoms with Gasteiger partial charge in [-0.05, 0) is 59.8 Å². The predicted octanol–water partition coefficient (Wildman–Crippen LogP) is 6.17. The molecule has 6 heteroatoms. The molecule has 1 amide bonds. The normalized spacial score (nSPS) is 19.0. The Morgan fingerprint density at radius 2 is 1.97 bits per heavy atom.